The Labute approximate surface area is 151 Å². The minimum absolute atomic E-state index is 0.00670. The van der Waals surface area contributed by atoms with Gasteiger partial charge in [-0.15, -0.1) is 0 Å². The van der Waals surface area contributed by atoms with Crippen molar-refractivity contribution in [3.63, 3.8) is 0 Å². The predicted octanol–water partition coefficient (Wildman–Crippen LogP) is 3.21. The molecule has 0 spiro atoms. The second kappa shape index (κ2) is 6.88. The van der Waals surface area contributed by atoms with Gasteiger partial charge in [0.2, 0.25) is 5.91 Å². The number of fused-ring (bicyclic) bond motifs is 2. The predicted molar refractivity (Wildman–Crippen MR) is 96.9 cm³/mol. The highest BCUT2D eigenvalue weighted by atomic mass is 32.2. The summed E-state index contributed by atoms with van der Waals surface area (Å²) in [7, 11) is 0. The summed E-state index contributed by atoms with van der Waals surface area (Å²) in [5.74, 6) is -0.132. The summed E-state index contributed by atoms with van der Waals surface area (Å²) in [6.07, 6.45) is 4.96. The van der Waals surface area contributed by atoms with Gasteiger partial charge in [0.05, 0.1) is 11.3 Å². The number of amides is 2. The summed E-state index contributed by atoms with van der Waals surface area (Å²) in [5, 5.41) is 0.757. The molecule has 1 saturated heterocycles. The van der Waals surface area contributed by atoms with Crippen molar-refractivity contribution >= 4 is 29.3 Å². The van der Waals surface area contributed by atoms with Crippen LogP contribution >= 0.6 is 11.8 Å². The molecule has 5 nitrogen and oxygen atoms in total. The van der Waals surface area contributed by atoms with Gasteiger partial charge >= 0.3 is 0 Å². The van der Waals surface area contributed by atoms with Crippen LogP contribution in [0.4, 0.5) is 5.69 Å². The second-order valence-electron chi connectivity index (χ2n) is 6.26. The van der Waals surface area contributed by atoms with Crippen LogP contribution in [-0.2, 0) is 4.79 Å². The molecule has 0 atom stereocenters. The van der Waals surface area contributed by atoms with E-state index in [1.54, 1.807) is 17.2 Å². The molecule has 2 aliphatic rings. The number of piperidine rings is 1. The fourth-order valence-electron chi connectivity index (χ4n) is 3.29. The van der Waals surface area contributed by atoms with Gasteiger partial charge in [-0.3, -0.25) is 14.5 Å². The summed E-state index contributed by atoms with van der Waals surface area (Å²) in [6, 6.07) is 11.2. The maximum atomic E-state index is 13.1. The topological polar surface area (TPSA) is 53.5 Å². The summed E-state index contributed by atoms with van der Waals surface area (Å²) in [4.78, 5) is 34.6. The number of nitrogens with zero attached hydrogens (tertiary/aromatic N) is 3. The van der Waals surface area contributed by atoms with E-state index in [1.165, 1.54) is 18.2 Å². The Kier molecular flexibility index (Phi) is 4.44. The zero-order chi connectivity index (χ0) is 17.2. The van der Waals surface area contributed by atoms with Crippen molar-refractivity contribution in [2.24, 2.45) is 0 Å². The van der Waals surface area contributed by atoms with Crippen LogP contribution < -0.4 is 4.90 Å². The smallest absolute Gasteiger partial charge is 0.259 e. The van der Waals surface area contributed by atoms with Crippen molar-refractivity contribution in [2.45, 2.75) is 29.2 Å². The number of likely N-dealkylation sites (tertiary alicyclic amines) is 1. The van der Waals surface area contributed by atoms with Gasteiger partial charge in [0.1, 0.15) is 11.6 Å². The Morgan fingerprint density at radius 1 is 1.08 bits per heavy atom. The number of rotatable bonds is 2. The van der Waals surface area contributed by atoms with Crippen LogP contribution in [0.3, 0.4) is 0 Å². The molecule has 0 radical (unpaired) electrons. The number of hydrogen-bond acceptors (Lipinski definition) is 4. The van der Waals surface area contributed by atoms with Crippen molar-refractivity contribution in [2.75, 3.05) is 24.5 Å². The molecule has 128 valence electrons. The molecule has 0 N–H and O–H groups in total. The van der Waals surface area contributed by atoms with Crippen LogP contribution in [0, 0.1) is 0 Å². The third-order valence-electron chi connectivity index (χ3n) is 4.61. The zero-order valence-electron chi connectivity index (χ0n) is 13.9. The largest absolute Gasteiger partial charge is 0.341 e. The number of anilines is 1. The summed E-state index contributed by atoms with van der Waals surface area (Å²) < 4.78 is 0. The van der Waals surface area contributed by atoms with E-state index in [1.807, 2.05) is 35.2 Å². The molecule has 3 heterocycles. The van der Waals surface area contributed by atoms with Crippen LogP contribution in [-0.4, -0.2) is 41.3 Å². The number of carbonyl (C=O) groups excluding carboxylic acids is 2. The molecule has 2 aromatic rings. The normalized spacial score (nSPS) is 16.9. The van der Waals surface area contributed by atoms with Gasteiger partial charge in [-0.25, -0.2) is 4.98 Å². The van der Waals surface area contributed by atoms with Crippen LogP contribution in [0.2, 0.25) is 0 Å². The van der Waals surface area contributed by atoms with Gasteiger partial charge < -0.3 is 4.90 Å². The molecule has 1 aromatic carbocycles. The molecule has 0 bridgehead atoms. The molecular formula is C19H19N3O2S. The van der Waals surface area contributed by atoms with E-state index in [4.69, 9.17) is 0 Å². The lowest BCUT2D eigenvalue weighted by molar-refractivity contribution is -0.130. The number of benzene rings is 1. The number of hydrogen-bond donors (Lipinski definition) is 0. The molecule has 25 heavy (non-hydrogen) atoms. The molecule has 0 unspecified atom stereocenters. The first kappa shape index (κ1) is 16.1. The molecule has 2 aliphatic heterocycles. The third kappa shape index (κ3) is 3.14. The summed E-state index contributed by atoms with van der Waals surface area (Å²) >= 11 is 1.47. The van der Waals surface area contributed by atoms with Gasteiger partial charge in [-0.05, 0) is 43.5 Å². The first-order valence-electron chi connectivity index (χ1n) is 8.55. The Morgan fingerprint density at radius 3 is 2.72 bits per heavy atom. The van der Waals surface area contributed by atoms with Crippen molar-refractivity contribution in [1.29, 1.82) is 0 Å². The van der Waals surface area contributed by atoms with Crippen molar-refractivity contribution < 1.29 is 9.59 Å². The van der Waals surface area contributed by atoms with E-state index in [0.29, 0.717) is 11.3 Å². The lowest BCUT2D eigenvalue weighted by Crippen LogP contribution is -2.45. The van der Waals surface area contributed by atoms with E-state index < -0.39 is 0 Å². The highest BCUT2D eigenvalue weighted by Crippen LogP contribution is 2.39. The lowest BCUT2D eigenvalue weighted by atomic mass is 10.1. The second-order valence-corrected chi connectivity index (χ2v) is 7.29. The van der Waals surface area contributed by atoms with Crippen LogP contribution in [0.15, 0.2) is 52.5 Å². The molecule has 4 rings (SSSR count). The SMILES string of the molecule is O=C(CN1C(=O)c2ccccc2Sc2ncccc21)N1CCCCC1. The number of aromatic nitrogens is 1. The van der Waals surface area contributed by atoms with Gasteiger partial charge in [0.15, 0.2) is 0 Å². The lowest BCUT2D eigenvalue weighted by Gasteiger charge is -2.30. The fourth-order valence-corrected chi connectivity index (χ4v) is 4.31. The number of pyridine rings is 1. The summed E-state index contributed by atoms with van der Waals surface area (Å²) in [6.45, 7) is 1.63. The minimum Gasteiger partial charge on any atom is -0.341 e. The van der Waals surface area contributed by atoms with Gasteiger partial charge in [-0.2, -0.15) is 0 Å². The standard InChI is InChI=1S/C19H19N3O2S/c23-17(21-11-4-1-5-12-21)13-22-15-8-6-10-20-18(15)25-16-9-3-2-7-14(16)19(22)24/h2-3,6-10H,1,4-5,11-13H2. The van der Waals surface area contributed by atoms with Gasteiger partial charge in [-0.1, -0.05) is 23.9 Å². The van der Waals surface area contributed by atoms with Crippen molar-refractivity contribution in [3.05, 3.63) is 48.2 Å². The van der Waals surface area contributed by atoms with Crippen molar-refractivity contribution in [3.8, 4) is 0 Å². The fraction of sp³-hybridized carbons (Fsp3) is 0.316. The van der Waals surface area contributed by atoms with Crippen LogP contribution in [0.5, 0.6) is 0 Å². The monoisotopic (exact) mass is 353 g/mol. The molecule has 0 aliphatic carbocycles. The molecule has 6 heteroatoms. The molecule has 2 amide bonds. The maximum Gasteiger partial charge on any atom is 0.259 e. The molecule has 1 fully saturated rings. The van der Waals surface area contributed by atoms with E-state index in [2.05, 4.69) is 4.98 Å². The highest BCUT2D eigenvalue weighted by molar-refractivity contribution is 7.99. The average Bonchev–Trinajstić information content (AvgIpc) is 2.78. The maximum absolute atomic E-state index is 13.1. The summed E-state index contributed by atoms with van der Waals surface area (Å²) in [5.41, 5.74) is 1.33. The minimum atomic E-state index is -0.139. The van der Waals surface area contributed by atoms with Crippen LogP contribution in [0.1, 0.15) is 29.6 Å². The van der Waals surface area contributed by atoms with Crippen LogP contribution in [0.25, 0.3) is 0 Å². The number of carbonyl (C=O) groups is 2. The third-order valence-corrected chi connectivity index (χ3v) is 5.70. The first-order chi connectivity index (χ1) is 12.2. The van der Waals surface area contributed by atoms with E-state index in [-0.39, 0.29) is 18.4 Å². The quantitative estimate of drug-likeness (QED) is 0.832. The zero-order valence-corrected chi connectivity index (χ0v) is 14.7. The van der Waals surface area contributed by atoms with E-state index in [9.17, 15) is 9.59 Å². The van der Waals surface area contributed by atoms with Gasteiger partial charge in [0.25, 0.3) is 5.91 Å². The van der Waals surface area contributed by atoms with Crippen molar-refractivity contribution in [1.82, 2.24) is 9.88 Å². The molecule has 1 aromatic heterocycles. The Balaban J connectivity index is 1.69. The Hall–Kier alpha value is -2.34. The Morgan fingerprint density at radius 2 is 1.88 bits per heavy atom. The highest BCUT2D eigenvalue weighted by Gasteiger charge is 2.30. The average molecular weight is 353 g/mol. The van der Waals surface area contributed by atoms with Gasteiger partial charge in [0, 0.05) is 24.2 Å². The first-order valence-corrected chi connectivity index (χ1v) is 9.37. The van der Waals surface area contributed by atoms with E-state index >= 15 is 0 Å². The molecule has 0 saturated carbocycles. The van der Waals surface area contributed by atoms with E-state index in [0.717, 1.165) is 35.9 Å². The Bertz CT molecular complexity index is 818. The molecular weight excluding hydrogens is 334 g/mol.